The van der Waals surface area contributed by atoms with Crippen molar-refractivity contribution < 1.29 is 28.6 Å². The molecular formula is C42H75N9O9. The number of amides is 3. The Bertz CT molecular complexity index is 1460. The molecular weight excluding hydrogens is 775 g/mol. The molecule has 1 aromatic heterocycles. The molecule has 1 aromatic rings. The van der Waals surface area contributed by atoms with Gasteiger partial charge in [0.05, 0.1) is 0 Å². The molecule has 0 spiro atoms. The minimum absolute atomic E-state index is 0.180. The number of alkyl carbamates (subject to hydrolysis) is 3. The maximum absolute atomic E-state index is 13.6. The minimum atomic E-state index is -0.594. The van der Waals surface area contributed by atoms with Crippen LogP contribution >= 0.6 is 0 Å². The molecule has 18 heteroatoms. The first-order chi connectivity index (χ1) is 28.7. The number of rotatable bonds is 30. The quantitative estimate of drug-likeness (QED) is 0.0583. The van der Waals surface area contributed by atoms with Gasteiger partial charge in [0.15, 0.2) is 0 Å². The Morgan fingerprint density at radius 3 is 0.933 bits per heavy atom. The molecule has 0 aromatic carbocycles. The maximum atomic E-state index is 13.6. The van der Waals surface area contributed by atoms with Gasteiger partial charge in [-0.05, 0) is 80.1 Å². The summed E-state index contributed by atoms with van der Waals surface area (Å²) < 4.78 is 19.8. The van der Waals surface area contributed by atoms with Gasteiger partial charge < -0.3 is 30.2 Å². The van der Waals surface area contributed by atoms with E-state index in [0.29, 0.717) is 57.0 Å². The van der Waals surface area contributed by atoms with Crippen molar-refractivity contribution in [3.05, 3.63) is 31.5 Å². The fourth-order valence-corrected chi connectivity index (χ4v) is 7.49. The number of carbonyl (C=O) groups is 3. The Balaban J connectivity index is 1.19. The standard InChI is InChI=1S/C42H75N9O9/c1-31-25-46(31)28-34(4)58-37(52)43-19-13-7-10-16-22-49-40(55)50(23-17-11-8-14-20-44-38(53)59-35(5)29-47-26-32(47)2)42(57)51(41(49)56)24-18-12-9-15-21-45-39(54)60-36(6)30-48-27-33(48)3/h31-36H,7-30H2,1-6H3,(H,43,52)(H,44,53)(H,45,54). The average Bonchev–Trinajstić information content (AvgIpc) is 4.15. The second-order valence-electron chi connectivity index (χ2n) is 17.4. The third kappa shape index (κ3) is 18.0. The van der Waals surface area contributed by atoms with Crippen LogP contribution in [0.1, 0.15) is 119 Å². The number of nitrogens with zero attached hydrogens (tertiary/aromatic N) is 6. The summed E-state index contributed by atoms with van der Waals surface area (Å²) in [6, 6.07) is 1.65. The SMILES string of the molecule is CC(CN1CC1C)OC(=O)NCCCCCCn1c(=O)n(CCCCCCNC(=O)OC(C)CN2CC2C)c(=O)n(CCCCCCNC(=O)OC(C)CN2CC2C)c1=O. The van der Waals surface area contributed by atoms with Crippen LogP contribution in [0.5, 0.6) is 0 Å². The van der Waals surface area contributed by atoms with Gasteiger partial charge in [0.25, 0.3) is 0 Å². The third-order valence-electron chi connectivity index (χ3n) is 11.5. The molecule has 18 nitrogen and oxygen atoms in total. The monoisotopic (exact) mass is 850 g/mol. The van der Waals surface area contributed by atoms with Gasteiger partial charge in [-0.25, -0.2) is 42.5 Å². The van der Waals surface area contributed by atoms with Crippen molar-refractivity contribution in [2.24, 2.45) is 0 Å². The fourth-order valence-electron chi connectivity index (χ4n) is 7.49. The van der Waals surface area contributed by atoms with Gasteiger partial charge in [0, 0.05) is 96.7 Å². The van der Waals surface area contributed by atoms with Gasteiger partial charge in [0.2, 0.25) is 0 Å². The molecule has 3 N–H and O–H groups in total. The van der Waals surface area contributed by atoms with E-state index in [1.807, 2.05) is 20.8 Å². The summed E-state index contributed by atoms with van der Waals surface area (Å²) in [4.78, 5) is 83.9. The van der Waals surface area contributed by atoms with Gasteiger partial charge >= 0.3 is 35.3 Å². The van der Waals surface area contributed by atoms with Crippen LogP contribution in [0.25, 0.3) is 0 Å². The third-order valence-corrected chi connectivity index (χ3v) is 11.5. The Kier molecular flexibility index (Phi) is 20.4. The zero-order valence-corrected chi connectivity index (χ0v) is 37.3. The van der Waals surface area contributed by atoms with Crippen LogP contribution in [0.2, 0.25) is 0 Å². The van der Waals surface area contributed by atoms with E-state index in [2.05, 4.69) is 51.4 Å². The van der Waals surface area contributed by atoms with Crippen LogP contribution in [-0.4, -0.2) is 142 Å². The van der Waals surface area contributed by atoms with Crippen molar-refractivity contribution in [1.29, 1.82) is 0 Å². The van der Waals surface area contributed by atoms with E-state index in [0.717, 1.165) is 97.1 Å². The van der Waals surface area contributed by atoms with Crippen molar-refractivity contribution in [2.75, 3.05) is 58.9 Å². The molecule has 0 bridgehead atoms. The molecule has 0 saturated carbocycles. The van der Waals surface area contributed by atoms with E-state index in [9.17, 15) is 28.8 Å². The van der Waals surface area contributed by atoms with Gasteiger partial charge in [-0.15, -0.1) is 0 Å². The van der Waals surface area contributed by atoms with Crippen molar-refractivity contribution in [3.63, 3.8) is 0 Å². The molecule has 3 aliphatic heterocycles. The van der Waals surface area contributed by atoms with Crippen molar-refractivity contribution in [2.45, 2.75) is 175 Å². The zero-order chi connectivity index (χ0) is 43.6. The van der Waals surface area contributed by atoms with Gasteiger partial charge in [-0.3, -0.25) is 14.7 Å². The largest absolute Gasteiger partial charge is 0.445 e. The van der Waals surface area contributed by atoms with E-state index in [1.54, 1.807) is 0 Å². The lowest BCUT2D eigenvalue weighted by Crippen LogP contribution is -2.54. The van der Waals surface area contributed by atoms with Crippen LogP contribution in [0, 0.1) is 0 Å². The number of ether oxygens (including phenoxy) is 3. The second kappa shape index (κ2) is 25.1. The highest BCUT2D eigenvalue weighted by molar-refractivity contribution is 5.68. The molecule has 3 aliphatic rings. The Morgan fingerprint density at radius 1 is 0.467 bits per heavy atom. The lowest BCUT2D eigenvalue weighted by molar-refractivity contribution is 0.0964. The van der Waals surface area contributed by atoms with Crippen LogP contribution < -0.4 is 33.0 Å². The lowest BCUT2D eigenvalue weighted by Gasteiger charge is -2.15. The molecule has 9 atom stereocenters. The van der Waals surface area contributed by atoms with Crippen LogP contribution in [0.15, 0.2) is 14.4 Å². The average molecular weight is 850 g/mol. The first-order valence-electron chi connectivity index (χ1n) is 22.7. The Hall–Kier alpha value is -3.90. The van der Waals surface area contributed by atoms with E-state index in [4.69, 9.17) is 14.2 Å². The highest BCUT2D eigenvalue weighted by atomic mass is 16.6. The van der Waals surface area contributed by atoms with E-state index >= 15 is 0 Å². The predicted molar refractivity (Wildman–Crippen MR) is 230 cm³/mol. The molecule has 0 radical (unpaired) electrons. The number of nitrogens with one attached hydrogen (secondary N) is 3. The molecule has 3 amide bonds. The summed E-state index contributed by atoms with van der Waals surface area (Å²) in [5.41, 5.74) is -1.78. The summed E-state index contributed by atoms with van der Waals surface area (Å²) in [5, 5.41) is 8.40. The molecule has 3 fully saturated rings. The maximum Gasteiger partial charge on any atom is 0.407 e. The lowest BCUT2D eigenvalue weighted by atomic mass is 10.2. The van der Waals surface area contributed by atoms with E-state index in [-0.39, 0.29) is 37.9 Å². The van der Waals surface area contributed by atoms with E-state index in [1.165, 1.54) is 13.7 Å². The van der Waals surface area contributed by atoms with Crippen LogP contribution in [0.3, 0.4) is 0 Å². The van der Waals surface area contributed by atoms with Gasteiger partial charge in [-0.1, -0.05) is 38.5 Å². The van der Waals surface area contributed by atoms with E-state index < -0.39 is 35.3 Å². The van der Waals surface area contributed by atoms with Crippen molar-refractivity contribution >= 4 is 18.3 Å². The Labute approximate surface area is 355 Å². The predicted octanol–water partition coefficient (Wildman–Crippen LogP) is 3.31. The first-order valence-corrected chi connectivity index (χ1v) is 22.7. The smallest absolute Gasteiger partial charge is 0.407 e. The summed E-state index contributed by atoms with van der Waals surface area (Å²) in [5.74, 6) is 0. The van der Waals surface area contributed by atoms with Crippen LogP contribution in [0.4, 0.5) is 14.4 Å². The number of hydrogen-bond acceptors (Lipinski definition) is 12. The summed E-state index contributed by atoms with van der Waals surface area (Å²) >= 11 is 0. The van der Waals surface area contributed by atoms with Crippen LogP contribution in [-0.2, 0) is 33.8 Å². The second-order valence-corrected chi connectivity index (χ2v) is 17.4. The summed E-state index contributed by atoms with van der Waals surface area (Å²) in [7, 11) is 0. The number of carbonyl (C=O) groups excluding carboxylic acids is 3. The molecule has 0 aliphatic carbocycles. The van der Waals surface area contributed by atoms with Gasteiger partial charge in [0.1, 0.15) is 18.3 Å². The summed E-state index contributed by atoms with van der Waals surface area (Å²) in [6.45, 7) is 19.4. The Morgan fingerprint density at radius 2 is 0.700 bits per heavy atom. The molecule has 342 valence electrons. The van der Waals surface area contributed by atoms with Crippen molar-refractivity contribution in [1.82, 2.24) is 44.4 Å². The fraction of sp³-hybridized carbons (Fsp3) is 0.857. The summed E-state index contributed by atoms with van der Waals surface area (Å²) in [6.07, 6.45) is 6.65. The molecule has 60 heavy (non-hydrogen) atoms. The highest BCUT2D eigenvalue weighted by Gasteiger charge is 2.32. The first kappa shape index (κ1) is 48.8. The number of unbranched alkanes of at least 4 members (excludes halogenated alkanes) is 9. The number of hydrogen-bond donors (Lipinski definition) is 3. The molecule has 9 unspecified atom stereocenters. The number of aromatic nitrogens is 3. The van der Waals surface area contributed by atoms with Crippen molar-refractivity contribution in [3.8, 4) is 0 Å². The molecule has 3 saturated heterocycles. The molecule has 4 rings (SSSR count). The van der Waals surface area contributed by atoms with Gasteiger partial charge in [-0.2, -0.15) is 0 Å². The topological polar surface area (TPSA) is 190 Å². The normalized spacial score (nSPS) is 22.9. The zero-order valence-electron chi connectivity index (χ0n) is 37.3. The molecule has 4 heterocycles. The highest BCUT2D eigenvalue weighted by Crippen LogP contribution is 2.18. The minimum Gasteiger partial charge on any atom is -0.445 e.